The third-order valence-electron chi connectivity index (χ3n) is 2.93. The van der Waals surface area contributed by atoms with Crippen molar-refractivity contribution in [3.05, 3.63) is 54.1 Å². The lowest BCUT2D eigenvalue weighted by molar-refractivity contribution is 0.408. The van der Waals surface area contributed by atoms with Crippen LogP contribution in [0, 0.1) is 0 Å². The van der Waals surface area contributed by atoms with Gasteiger partial charge in [-0.3, -0.25) is 0 Å². The van der Waals surface area contributed by atoms with Gasteiger partial charge >= 0.3 is 0 Å². The molecular weight excluding hydrogens is 222 g/mol. The number of methoxy groups -OCH3 is 1. The molecule has 1 atom stereocenters. The van der Waals surface area contributed by atoms with Crippen LogP contribution in [0.1, 0.15) is 12.5 Å². The van der Waals surface area contributed by atoms with E-state index in [2.05, 4.69) is 24.3 Å². The Kier molecular flexibility index (Phi) is 4.00. The molecule has 2 nitrogen and oxygen atoms in total. The number of nitrogens with two attached hydrogens (primary N) is 1. The summed E-state index contributed by atoms with van der Waals surface area (Å²) in [4.78, 5) is 0. The predicted octanol–water partition coefficient (Wildman–Crippen LogP) is 3.25. The van der Waals surface area contributed by atoms with Gasteiger partial charge in [-0.25, -0.2) is 0 Å². The first-order valence-electron chi connectivity index (χ1n) is 6.18. The second-order valence-corrected chi connectivity index (χ2v) is 4.57. The molecule has 0 heterocycles. The second kappa shape index (κ2) is 5.69. The first kappa shape index (κ1) is 12.7. The molecule has 2 N–H and O–H groups in total. The van der Waals surface area contributed by atoms with Crippen LogP contribution in [0.15, 0.2) is 48.5 Å². The Morgan fingerprint density at radius 1 is 1.06 bits per heavy atom. The summed E-state index contributed by atoms with van der Waals surface area (Å²) in [6.07, 6.45) is 0.823. The SMILES string of the molecule is COc1ccc(-c2ccccc2)cc1CC(C)N. The van der Waals surface area contributed by atoms with Crippen molar-refractivity contribution >= 4 is 0 Å². The molecule has 2 rings (SSSR count). The topological polar surface area (TPSA) is 35.2 Å². The lowest BCUT2D eigenvalue weighted by Crippen LogP contribution is -2.18. The van der Waals surface area contributed by atoms with E-state index in [-0.39, 0.29) is 6.04 Å². The van der Waals surface area contributed by atoms with Crippen LogP contribution in [0.4, 0.5) is 0 Å². The van der Waals surface area contributed by atoms with Crippen LogP contribution in [-0.2, 0) is 6.42 Å². The standard InChI is InChI=1S/C16H19NO/c1-12(17)10-15-11-14(8-9-16(15)18-2)13-6-4-3-5-7-13/h3-9,11-12H,10,17H2,1-2H3. The number of hydrogen-bond donors (Lipinski definition) is 1. The lowest BCUT2D eigenvalue weighted by atomic mass is 9.99. The van der Waals surface area contributed by atoms with Crippen LogP contribution in [0.5, 0.6) is 5.75 Å². The van der Waals surface area contributed by atoms with E-state index in [1.807, 2.05) is 31.2 Å². The van der Waals surface area contributed by atoms with Gasteiger partial charge in [0.1, 0.15) is 5.75 Å². The van der Waals surface area contributed by atoms with Crippen molar-refractivity contribution in [1.29, 1.82) is 0 Å². The zero-order chi connectivity index (χ0) is 13.0. The first-order valence-corrected chi connectivity index (χ1v) is 6.18. The van der Waals surface area contributed by atoms with Crippen LogP contribution in [0.25, 0.3) is 11.1 Å². The predicted molar refractivity (Wildman–Crippen MR) is 75.8 cm³/mol. The number of hydrogen-bond acceptors (Lipinski definition) is 2. The molecule has 2 aromatic carbocycles. The summed E-state index contributed by atoms with van der Waals surface area (Å²) < 4.78 is 5.38. The number of ether oxygens (including phenoxy) is 1. The molecule has 0 bridgehead atoms. The average molecular weight is 241 g/mol. The van der Waals surface area contributed by atoms with E-state index in [1.165, 1.54) is 11.1 Å². The molecule has 94 valence electrons. The highest BCUT2D eigenvalue weighted by molar-refractivity contribution is 5.65. The van der Waals surface area contributed by atoms with Crippen molar-refractivity contribution in [2.45, 2.75) is 19.4 Å². The fourth-order valence-corrected chi connectivity index (χ4v) is 2.10. The maximum Gasteiger partial charge on any atom is 0.122 e. The second-order valence-electron chi connectivity index (χ2n) is 4.57. The molecule has 0 spiro atoms. The summed E-state index contributed by atoms with van der Waals surface area (Å²) in [5.41, 5.74) is 9.46. The molecule has 2 heteroatoms. The van der Waals surface area contributed by atoms with Crippen molar-refractivity contribution in [3.8, 4) is 16.9 Å². The third-order valence-corrected chi connectivity index (χ3v) is 2.93. The fourth-order valence-electron chi connectivity index (χ4n) is 2.10. The van der Waals surface area contributed by atoms with Gasteiger partial charge in [-0.2, -0.15) is 0 Å². The van der Waals surface area contributed by atoms with Crippen LogP contribution >= 0.6 is 0 Å². The highest BCUT2D eigenvalue weighted by atomic mass is 16.5. The Morgan fingerprint density at radius 3 is 2.39 bits per heavy atom. The van der Waals surface area contributed by atoms with Crippen LogP contribution in [0.2, 0.25) is 0 Å². The van der Waals surface area contributed by atoms with Crippen molar-refractivity contribution in [2.75, 3.05) is 7.11 Å². The molecule has 0 aliphatic rings. The summed E-state index contributed by atoms with van der Waals surface area (Å²) in [5, 5.41) is 0. The molecule has 2 aromatic rings. The summed E-state index contributed by atoms with van der Waals surface area (Å²) >= 11 is 0. The minimum absolute atomic E-state index is 0.130. The van der Waals surface area contributed by atoms with E-state index < -0.39 is 0 Å². The highest BCUT2D eigenvalue weighted by Crippen LogP contribution is 2.27. The summed E-state index contributed by atoms with van der Waals surface area (Å²) in [6, 6.07) is 16.7. The Hall–Kier alpha value is -1.80. The Labute approximate surface area is 108 Å². The van der Waals surface area contributed by atoms with Gasteiger partial charge in [-0.15, -0.1) is 0 Å². The molecule has 0 fully saturated rings. The molecule has 0 amide bonds. The van der Waals surface area contributed by atoms with E-state index in [1.54, 1.807) is 7.11 Å². The van der Waals surface area contributed by atoms with Crippen LogP contribution < -0.4 is 10.5 Å². The maximum atomic E-state index is 5.88. The average Bonchev–Trinajstić information content (AvgIpc) is 2.39. The van der Waals surface area contributed by atoms with Crippen LogP contribution in [0.3, 0.4) is 0 Å². The zero-order valence-electron chi connectivity index (χ0n) is 10.9. The first-order chi connectivity index (χ1) is 8.70. The van der Waals surface area contributed by atoms with Gasteiger partial charge in [0.15, 0.2) is 0 Å². The molecule has 1 unspecified atom stereocenters. The van der Waals surface area contributed by atoms with E-state index in [0.29, 0.717) is 0 Å². The fraction of sp³-hybridized carbons (Fsp3) is 0.250. The molecular formula is C16H19NO. The van der Waals surface area contributed by atoms with Gasteiger partial charge in [0.05, 0.1) is 7.11 Å². The normalized spacial score (nSPS) is 12.2. The third kappa shape index (κ3) is 2.90. The molecule has 0 radical (unpaired) electrons. The number of benzene rings is 2. The summed E-state index contributed by atoms with van der Waals surface area (Å²) in [6.45, 7) is 2.01. The molecule has 0 saturated carbocycles. The molecule has 0 aliphatic heterocycles. The monoisotopic (exact) mass is 241 g/mol. The molecule has 0 aromatic heterocycles. The van der Waals surface area contributed by atoms with Crippen LogP contribution in [-0.4, -0.2) is 13.2 Å². The van der Waals surface area contributed by atoms with E-state index in [9.17, 15) is 0 Å². The smallest absolute Gasteiger partial charge is 0.122 e. The largest absolute Gasteiger partial charge is 0.496 e. The Bertz CT molecular complexity index is 506. The van der Waals surface area contributed by atoms with Gasteiger partial charge < -0.3 is 10.5 Å². The van der Waals surface area contributed by atoms with E-state index in [4.69, 9.17) is 10.5 Å². The lowest BCUT2D eigenvalue weighted by Gasteiger charge is -2.12. The van der Waals surface area contributed by atoms with Crippen molar-refractivity contribution in [2.24, 2.45) is 5.73 Å². The van der Waals surface area contributed by atoms with Crippen molar-refractivity contribution < 1.29 is 4.74 Å². The van der Waals surface area contributed by atoms with Gasteiger partial charge in [-0.1, -0.05) is 36.4 Å². The quantitative estimate of drug-likeness (QED) is 0.891. The summed E-state index contributed by atoms with van der Waals surface area (Å²) in [5.74, 6) is 0.909. The Balaban J connectivity index is 2.39. The molecule has 0 aliphatic carbocycles. The van der Waals surface area contributed by atoms with E-state index in [0.717, 1.165) is 17.7 Å². The Morgan fingerprint density at radius 2 is 1.78 bits per heavy atom. The zero-order valence-corrected chi connectivity index (χ0v) is 10.9. The molecule has 18 heavy (non-hydrogen) atoms. The van der Waals surface area contributed by atoms with Gasteiger partial charge in [0.2, 0.25) is 0 Å². The minimum Gasteiger partial charge on any atom is -0.496 e. The van der Waals surface area contributed by atoms with Crippen molar-refractivity contribution in [3.63, 3.8) is 0 Å². The number of rotatable bonds is 4. The van der Waals surface area contributed by atoms with Gasteiger partial charge in [0, 0.05) is 6.04 Å². The minimum atomic E-state index is 0.130. The van der Waals surface area contributed by atoms with E-state index >= 15 is 0 Å². The van der Waals surface area contributed by atoms with Gasteiger partial charge in [-0.05, 0) is 42.2 Å². The van der Waals surface area contributed by atoms with Gasteiger partial charge in [0.25, 0.3) is 0 Å². The maximum absolute atomic E-state index is 5.88. The van der Waals surface area contributed by atoms with Crippen molar-refractivity contribution in [1.82, 2.24) is 0 Å². The highest BCUT2D eigenvalue weighted by Gasteiger charge is 2.07. The summed E-state index contributed by atoms with van der Waals surface area (Å²) in [7, 11) is 1.70. The molecule has 0 saturated heterocycles.